The summed E-state index contributed by atoms with van der Waals surface area (Å²) in [6.45, 7) is 6.06. The molecule has 0 saturated carbocycles. The van der Waals surface area contributed by atoms with Crippen molar-refractivity contribution in [1.29, 1.82) is 0 Å². The summed E-state index contributed by atoms with van der Waals surface area (Å²) in [5.74, 6) is 0. The summed E-state index contributed by atoms with van der Waals surface area (Å²) < 4.78 is 8.83. The van der Waals surface area contributed by atoms with E-state index in [0.717, 1.165) is 0 Å². The Balaban J connectivity index is 0.000000292. The molecule has 4 heteroatoms. The van der Waals surface area contributed by atoms with Gasteiger partial charge in [0.1, 0.15) is 12.7 Å². The van der Waals surface area contributed by atoms with Crippen molar-refractivity contribution >= 4 is 6.16 Å². The van der Waals surface area contributed by atoms with Gasteiger partial charge in [-0.15, -0.1) is 6.58 Å². The maximum absolute atomic E-state index is 9.65. The predicted molar refractivity (Wildman–Crippen MR) is 39.6 cm³/mol. The first-order valence-electron chi connectivity index (χ1n) is 3.25. The fourth-order valence-corrected chi connectivity index (χ4v) is 0.329. The normalized spacial score (nSPS) is 19.2. The molecule has 0 aliphatic carbocycles. The van der Waals surface area contributed by atoms with E-state index in [1.54, 1.807) is 6.08 Å². The third-order valence-corrected chi connectivity index (χ3v) is 0.795. The lowest BCUT2D eigenvalue weighted by atomic mass is 10.5. The summed E-state index contributed by atoms with van der Waals surface area (Å²) >= 11 is 0. The van der Waals surface area contributed by atoms with Gasteiger partial charge in [-0.25, -0.2) is 4.79 Å². The highest BCUT2D eigenvalue weighted by molar-refractivity contribution is 5.56. The summed E-state index contributed by atoms with van der Waals surface area (Å²) in [5, 5.41) is 7.91. The number of epoxide rings is 1. The number of allylic oxidation sites excluding steroid dienone is 1. The highest BCUT2D eigenvalue weighted by Crippen LogP contribution is 2.07. The molecule has 1 rings (SSSR count). The highest BCUT2D eigenvalue weighted by Gasteiger charge is 2.23. The van der Waals surface area contributed by atoms with Gasteiger partial charge in [-0.2, -0.15) is 0 Å². The molecule has 1 fully saturated rings. The van der Waals surface area contributed by atoms with Gasteiger partial charge in [0.2, 0.25) is 0 Å². The number of rotatable bonds is 2. The van der Waals surface area contributed by atoms with Gasteiger partial charge < -0.3 is 14.6 Å². The molecule has 1 heterocycles. The molecular formula is C7H12O4. The van der Waals surface area contributed by atoms with Gasteiger partial charge in [0.15, 0.2) is 0 Å². The van der Waals surface area contributed by atoms with Gasteiger partial charge in [0, 0.05) is 0 Å². The Hall–Kier alpha value is -1.03. The summed E-state index contributed by atoms with van der Waals surface area (Å²) in [7, 11) is 0. The SMILES string of the molecule is C=CC.O=C(O)OCC1CO1. The molecule has 1 unspecified atom stereocenters. The molecule has 1 saturated heterocycles. The smallest absolute Gasteiger partial charge is 0.450 e. The van der Waals surface area contributed by atoms with Gasteiger partial charge in [0.25, 0.3) is 0 Å². The highest BCUT2D eigenvalue weighted by atomic mass is 16.7. The summed E-state index contributed by atoms with van der Waals surface area (Å²) in [6.07, 6.45) is 0.548. The van der Waals surface area contributed by atoms with Crippen LogP contribution in [0.2, 0.25) is 0 Å². The van der Waals surface area contributed by atoms with Crippen LogP contribution in [-0.2, 0) is 9.47 Å². The second-order valence-electron chi connectivity index (χ2n) is 1.94. The van der Waals surface area contributed by atoms with Crippen LogP contribution in [0.3, 0.4) is 0 Å². The lowest BCUT2D eigenvalue weighted by Crippen LogP contribution is -2.06. The van der Waals surface area contributed by atoms with E-state index in [0.29, 0.717) is 6.61 Å². The molecule has 0 bridgehead atoms. The number of carboxylic acid groups (broad SMARTS) is 1. The summed E-state index contributed by atoms with van der Waals surface area (Å²) in [6, 6.07) is 0. The zero-order valence-electron chi connectivity index (χ0n) is 6.45. The Morgan fingerprint density at radius 1 is 2.00 bits per heavy atom. The lowest BCUT2D eigenvalue weighted by Gasteiger charge is -1.91. The second-order valence-corrected chi connectivity index (χ2v) is 1.94. The average molecular weight is 160 g/mol. The van der Waals surface area contributed by atoms with E-state index in [1.165, 1.54) is 0 Å². The van der Waals surface area contributed by atoms with Gasteiger partial charge in [-0.1, -0.05) is 6.08 Å². The molecule has 11 heavy (non-hydrogen) atoms. The van der Waals surface area contributed by atoms with Crippen LogP contribution in [0, 0.1) is 0 Å². The van der Waals surface area contributed by atoms with E-state index in [4.69, 9.17) is 5.11 Å². The minimum atomic E-state index is -1.24. The Morgan fingerprint density at radius 3 is 2.73 bits per heavy atom. The van der Waals surface area contributed by atoms with E-state index in [-0.39, 0.29) is 12.7 Å². The number of ether oxygens (including phenoxy) is 2. The van der Waals surface area contributed by atoms with Crippen molar-refractivity contribution in [3.8, 4) is 0 Å². The molecule has 0 amide bonds. The molecule has 0 aromatic heterocycles. The van der Waals surface area contributed by atoms with Crippen LogP contribution < -0.4 is 0 Å². The van der Waals surface area contributed by atoms with Crippen LogP contribution in [0.15, 0.2) is 12.7 Å². The summed E-state index contributed by atoms with van der Waals surface area (Å²) in [4.78, 5) is 9.65. The van der Waals surface area contributed by atoms with E-state index in [2.05, 4.69) is 16.1 Å². The van der Waals surface area contributed by atoms with Crippen LogP contribution in [0.5, 0.6) is 0 Å². The molecule has 64 valence electrons. The van der Waals surface area contributed by atoms with Crippen molar-refractivity contribution in [2.24, 2.45) is 0 Å². The van der Waals surface area contributed by atoms with Gasteiger partial charge in [0.05, 0.1) is 6.61 Å². The van der Waals surface area contributed by atoms with E-state index >= 15 is 0 Å². The van der Waals surface area contributed by atoms with Crippen LogP contribution in [0.25, 0.3) is 0 Å². The Kier molecular flexibility index (Phi) is 5.20. The Labute approximate surface area is 65.4 Å². The molecule has 1 aliphatic rings. The van der Waals surface area contributed by atoms with Gasteiger partial charge >= 0.3 is 6.16 Å². The molecule has 0 spiro atoms. The quantitative estimate of drug-likeness (QED) is 0.375. The number of carbonyl (C=O) groups is 1. The first-order chi connectivity index (χ1) is 5.20. The molecule has 0 aromatic rings. The number of hydrogen-bond donors (Lipinski definition) is 1. The predicted octanol–water partition coefficient (Wildman–Crippen LogP) is 1.27. The van der Waals surface area contributed by atoms with E-state index in [9.17, 15) is 4.79 Å². The maximum Gasteiger partial charge on any atom is 0.505 e. The van der Waals surface area contributed by atoms with Crippen molar-refractivity contribution < 1.29 is 19.4 Å². The molecule has 1 atom stereocenters. The van der Waals surface area contributed by atoms with Crippen LogP contribution in [0.1, 0.15) is 6.92 Å². The second kappa shape index (κ2) is 5.73. The van der Waals surface area contributed by atoms with Crippen LogP contribution in [0.4, 0.5) is 4.79 Å². The standard InChI is InChI=1S/C4H6O4.C3H6/c5-4(6)8-2-3-1-7-3;1-3-2/h3H,1-2H2,(H,5,6);3H,1H2,2H3. The largest absolute Gasteiger partial charge is 0.505 e. The Morgan fingerprint density at radius 2 is 2.45 bits per heavy atom. The lowest BCUT2D eigenvalue weighted by molar-refractivity contribution is 0.0848. The van der Waals surface area contributed by atoms with Crippen molar-refractivity contribution in [1.82, 2.24) is 0 Å². The molecule has 1 N–H and O–H groups in total. The van der Waals surface area contributed by atoms with Crippen molar-refractivity contribution in [2.45, 2.75) is 13.0 Å². The van der Waals surface area contributed by atoms with E-state index in [1.807, 2.05) is 6.92 Å². The fraction of sp³-hybridized carbons (Fsp3) is 0.571. The first-order valence-corrected chi connectivity index (χ1v) is 3.25. The molecule has 0 aromatic carbocycles. The minimum Gasteiger partial charge on any atom is -0.450 e. The van der Waals surface area contributed by atoms with Crippen LogP contribution in [-0.4, -0.2) is 30.6 Å². The van der Waals surface area contributed by atoms with Crippen LogP contribution >= 0.6 is 0 Å². The number of hydrogen-bond acceptors (Lipinski definition) is 3. The first kappa shape index (κ1) is 9.97. The molecular weight excluding hydrogens is 148 g/mol. The van der Waals surface area contributed by atoms with Crippen molar-refractivity contribution in [3.63, 3.8) is 0 Å². The van der Waals surface area contributed by atoms with Gasteiger partial charge in [-0.05, 0) is 6.92 Å². The average Bonchev–Trinajstić information content (AvgIpc) is 2.67. The van der Waals surface area contributed by atoms with Gasteiger partial charge in [-0.3, -0.25) is 0 Å². The monoisotopic (exact) mass is 160 g/mol. The topological polar surface area (TPSA) is 59.1 Å². The third kappa shape index (κ3) is 8.97. The van der Waals surface area contributed by atoms with E-state index < -0.39 is 6.16 Å². The third-order valence-electron chi connectivity index (χ3n) is 0.795. The van der Waals surface area contributed by atoms with Crippen molar-refractivity contribution in [2.75, 3.05) is 13.2 Å². The summed E-state index contributed by atoms with van der Waals surface area (Å²) in [5.41, 5.74) is 0. The molecule has 0 radical (unpaired) electrons. The van der Waals surface area contributed by atoms with Crippen molar-refractivity contribution in [3.05, 3.63) is 12.7 Å². The zero-order chi connectivity index (χ0) is 8.69. The molecule has 1 aliphatic heterocycles. The molecule has 4 nitrogen and oxygen atoms in total. The minimum absolute atomic E-state index is 0.0334. The fourth-order valence-electron chi connectivity index (χ4n) is 0.329. The maximum atomic E-state index is 9.65. The zero-order valence-corrected chi connectivity index (χ0v) is 6.45. The Bertz CT molecular complexity index is 128.